The van der Waals surface area contributed by atoms with Gasteiger partial charge in [-0.25, -0.2) is 9.97 Å². The summed E-state index contributed by atoms with van der Waals surface area (Å²) in [6, 6.07) is 70.2. The van der Waals surface area contributed by atoms with Gasteiger partial charge >= 0.3 is 0 Å². The number of benzene rings is 9. The third-order valence-corrected chi connectivity index (χ3v) is 12.1. The van der Waals surface area contributed by atoms with E-state index >= 15 is 0 Å². The third kappa shape index (κ3) is 5.48. The van der Waals surface area contributed by atoms with E-state index in [0.29, 0.717) is 5.82 Å². The van der Waals surface area contributed by atoms with Crippen molar-refractivity contribution in [3.8, 4) is 67.3 Å². The van der Waals surface area contributed by atoms with Crippen LogP contribution in [0.25, 0.3) is 99.6 Å². The van der Waals surface area contributed by atoms with Crippen molar-refractivity contribution in [2.45, 2.75) is 19.3 Å². The predicted octanol–water partition coefficient (Wildman–Crippen LogP) is 14.6. The molecular weight excluding hydrogens is 689 g/mol. The van der Waals surface area contributed by atoms with Crippen LogP contribution in [0.5, 0.6) is 0 Å². The van der Waals surface area contributed by atoms with Crippen molar-refractivity contribution in [1.82, 2.24) is 9.97 Å². The van der Waals surface area contributed by atoms with Crippen LogP contribution in [0.3, 0.4) is 0 Å². The fourth-order valence-electron chi connectivity index (χ4n) is 9.14. The van der Waals surface area contributed by atoms with Gasteiger partial charge in [0.2, 0.25) is 0 Å². The molecule has 11 rings (SSSR count). The summed E-state index contributed by atoms with van der Waals surface area (Å²) in [5.74, 6) is 0.704. The molecule has 57 heavy (non-hydrogen) atoms. The number of hydrogen-bond donors (Lipinski definition) is 0. The Balaban J connectivity index is 0.996. The number of fused-ring (bicyclic) bond motifs is 7. The normalized spacial score (nSPS) is 12.9. The van der Waals surface area contributed by atoms with Crippen LogP contribution in [0.4, 0.5) is 0 Å². The average molecular weight is 727 g/mol. The zero-order valence-electron chi connectivity index (χ0n) is 31.9. The smallest absolute Gasteiger partial charge is 0.160 e. The molecule has 0 bridgehead atoms. The number of aromatic nitrogens is 2. The van der Waals surface area contributed by atoms with Crippen molar-refractivity contribution < 1.29 is 0 Å². The molecule has 0 fully saturated rings. The van der Waals surface area contributed by atoms with Crippen LogP contribution in [0.15, 0.2) is 194 Å². The zero-order chi connectivity index (χ0) is 38.1. The minimum atomic E-state index is -0.00495. The van der Waals surface area contributed by atoms with Crippen molar-refractivity contribution in [3.63, 3.8) is 0 Å². The summed E-state index contributed by atoms with van der Waals surface area (Å²) in [4.78, 5) is 10.4. The Morgan fingerprint density at radius 2 is 0.912 bits per heavy atom. The van der Waals surface area contributed by atoms with Crippen LogP contribution < -0.4 is 0 Å². The fraction of sp³-hybridized carbons (Fsp3) is 0.0545. The maximum atomic E-state index is 5.22. The Morgan fingerprint density at radius 1 is 0.351 bits per heavy atom. The summed E-state index contributed by atoms with van der Waals surface area (Å²) in [6.45, 7) is 4.66. The van der Waals surface area contributed by atoms with Gasteiger partial charge in [-0.2, -0.15) is 0 Å². The zero-order valence-corrected chi connectivity index (χ0v) is 31.9. The molecular formula is C55H38N2. The quantitative estimate of drug-likeness (QED) is 0.130. The van der Waals surface area contributed by atoms with Gasteiger partial charge in [0.1, 0.15) is 0 Å². The molecule has 0 atom stereocenters. The van der Waals surface area contributed by atoms with E-state index in [1.165, 1.54) is 76.8 Å². The Kier molecular flexibility index (Phi) is 7.55. The molecule has 0 unspecified atom stereocenters. The van der Waals surface area contributed by atoms with Gasteiger partial charge in [-0.1, -0.05) is 190 Å². The molecule has 1 aliphatic rings. The first kappa shape index (κ1) is 33.2. The van der Waals surface area contributed by atoms with Crippen molar-refractivity contribution in [2.75, 3.05) is 0 Å². The highest BCUT2D eigenvalue weighted by Crippen LogP contribution is 2.49. The maximum absolute atomic E-state index is 5.22. The Morgan fingerprint density at radius 3 is 1.70 bits per heavy atom. The molecule has 10 aromatic rings. The van der Waals surface area contributed by atoms with E-state index < -0.39 is 0 Å². The molecule has 1 aromatic heterocycles. The maximum Gasteiger partial charge on any atom is 0.160 e. The first-order valence-corrected chi connectivity index (χ1v) is 19.7. The van der Waals surface area contributed by atoms with Crippen LogP contribution in [0.2, 0.25) is 0 Å². The van der Waals surface area contributed by atoms with Gasteiger partial charge in [0.25, 0.3) is 0 Å². The van der Waals surface area contributed by atoms with Crippen LogP contribution in [-0.4, -0.2) is 9.97 Å². The number of nitrogens with zero attached hydrogens (tertiary/aromatic N) is 2. The summed E-state index contributed by atoms with van der Waals surface area (Å²) in [6.07, 6.45) is 0. The van der Waals surface area contributed by atoms with Gasteiger partial charge in [-0.15, -0.1) is 0 Å². The van der Waals surface area contributed by atoms with Gasteiger partial charge < -0.3 is 0 Å². The van der Waals surface area contributed by atoms with Gasteiger partial charge in [-0.3, -0.25) is 0 Å². The molecule has 2 heteroatoms. The SMILES string of the molecule is CC1(C)c2ccccc2-c2cc(-c3ccc(-c4cc(-c5ccccc5)nc(-c5ccc(-c6c7ccccc7cc7ccc8ccccc8c67)cc5)n4)cc3)ccc21. The van der Waals surface area contributed by atoms with E-state index in [1.54, 1.807) is 0 Å². The van der Waals surface area contributed by atoms with Crippen molar-refractivity contribution in [2.24, 2.45) is 0 Å². The topological polar surface area (TPSA) is 25.8 Å². The van der Waals surface area contributed by atoms with E-state index in [0.717, 1.165) is 28.1 Å². The highest BCUT2D eigenvalue weighted by Gasteiger charge is 2.35. The molecule has 1 heterocycles. The van der Waals surface area contributed by atoms with Crippen LogP contribution >= 0.6 is 0 Å². The van der Waals surface area contributed by atoms with E-state index in [2.05, 4.69) is 202 Å². The van der Waals surface area contributed by atoms with Crippen LogP contribution in [0.1, 0.15) is 25.0 Å². The lowest BCUT2D eigenvalue weighted by Gasteiger charge is -2.21. The molecule has 0 saturated carbocycles. The monoisotopic (exact) mass is 726 g/mol. The second kappa shape index (κ2) is 13.0. The summed E-state index contributed by atoms with van der Waals surface area (Å²) in [5.41, 5.74) is 15.2. The van der Waals surface area contributed by atoms with E-state index in [-0.39, 0.29) is 5.41 Å². The Bertz CT molecular complexity index is 3180. The highest BCUT2D eigenvalue weighted by atomic mass is 14.9. The molecule has 0 saturated heterocycles. The van der Waals surface area contributed by atoms with Crippen molar-refractivity contribution >= 4 is 32.3 Å². The lowest BCUT2D eigenvalue weighted by molar-refractivity contribution is 0.660. The van der Waals surface area contributed by atoms with Crippen LogP contribution in [-0.2, 0) is 5.41 Å². The molecule has 9 aromatic carbocycles. The van der Waals surface area contributed by atoms with Gasteiger partial charge in [0, 0.05) is 22.1 Å². The second-order valence-electron chi connectivity index (χ2n) is 15.8. The summed E-state index contributed by atoms with van der Waals surface area (Å²) < 4.78 is 0. The number of hydrogen-bond acceptors (Lipinski definition) is 2. The Labute approximate surface area is 332 Å². The second-order valence-corrected chi connectivity index (χ2v) is 15.8. The Hall–Kier alpha value is -7.16. The van der Waals surface area contributed by atoms with E-state index in [1.807, 2.05) is 6.07 Å². The molecule has 1 aliphatic carbocycles. The fourth-order valence-corrected chi connectivity index (χ4v) is 9.14. The molecule has 0 radical (unpaired) electrons. The van der Waals surface area contributed by atoms with Gasteiger partial charge in [-0.05, 0) is 95.0 Å². The van der Waals surface area contributed by atoms with Gasteiger partial charge in [0.05, 0.1) is 11.4 Å². The molecule has 0 spiro atoms. The lowest BCUT2D eigenvalue weighted by Crippen LogP contribution is -2.14. The standard InChI is InChI=1S/C55H38N2/c1-55(2)48-19-11-10-18-46(48)47-33-41(30-31-49(47)55)35-20-23-38(24-21-35)51-34-50(37-13-4-3-5-14-37)56-54(57-51)40-27-25-39(26-28-40)52-45-17-9-7-15-42(45)32-43-29-22-36-12-6-8-16-44(36)53(43)52/h3-34H,1-2H3. The minimum absolute atomic E-state index is 0.00495. The van der Waals surface area contributed by atoms with Gasteiger partial charge in [0.15, 0.2) is 5.82 Å². The van der Waals surface area contributed by atoms with Crippen LogP contribution in [0, 0.1) is 0 Å². The van der Waals surface area contributed by atoms with Crippen molar-refractivity contribution in [1.29, 1.82) is 0 Å². The summed E-state index contributed by atoms with van der Waals surface area (Å²) >= 11 is 0. The molecule has 2 nitrogen and oxygen atoms in total. The average Bonchev–Trinajstić information content (AvgIpc) is 3.51. The highest BCUT2D eigenvalue weighted by molar-refractivity contribution is 6.22. The molecule has 0 aliphatic heterocycles. The molecule has 0 amide bonds. The molecule has 0 N–H and O–H groups in total. The van der Waals surface area contributed by atoms with E-state index in [4.69, 9.17) is 9.97 Å². The summed E-state index contributed by atoms with van der Waals surface area (Å²) in [7, 11) is 0. The predicted molar refractivity (Wildman–Crippen MR) is 239 cm³/mol. The lowest BCUT2D eigenvalue weighted by atomic mass is 9.82. The van der Waals surface area contributed by atoms with E-state index in [9.17, 15) is 0 Å². The van der Waals surface area contributed by atoms with Crippen molar-refractivity contribution in [3.05, 3.63) is 205 Å². The minimum Gasteiger partial charge on any atom is -0.228 e. The first-order valence-electron chi connectivity index (χ1n) is 19.7. The largest absolute Gasteiger partial charge is 0.228 e. The summed E-state index contributed by atoms with van der Waals surface area (Å²) in [5, 5.41) is 7.51. The number of rotatable bonds is 5. The first-order chi connectivity index (χ1) is 28.0. The molecule has 268 valence electrons. The third-order valence-electron chi connectivity index (χ3n) is 12.1.